The molecule has 110 valence electrons. The largest absolute Gasteiger partial charge is 0.480 e. The van der Waals surface area contributed by atoms with Crippen molar-refractivity contribution in [3.05, 3.63) is 29.0 Å². The van der Waals surface area contributed by atoms with Crippen LogP contribution in [0.15, 0.2) is 23.1 Å². The van der Waals surface area contributed by atoms with Gasteiger partial charge in [-0.25, -0.2) is 12.8 Å². The standard InChI is InChI=1S/C11H11ClFNO4S2/c12-8-5-7(1-2-9(8)13)20(17,18)14-3-4-19-6-10(14)11(15)16/h1-2,5,10H,3-4,6H2,(H,15,16). The maximum absolute atomic E-state index is 13.1. The highest BCUT2D eigenvalue weighted by Gasteiger charge is 2.38. The Kier molecular flexibility index (Phi) is 4.58. The van der Waals surface area contributed by atoms with Crippen LogP contribution >= 0.6 is 23.4 Å². The zero-order chi connectivity index (χ0) is 14.9. The number of nitrogens with zero attached hydrogens (tertiary/aromatic N) is 1. The topological polar surface area (TPSA) is 74.7 Å². The monoisotopic (exact) mass is 339 g/mol. The summed E-state index contributed by atoms with van der Waals surface area (Å²) in [5.41, 5.74) is 0. The van der Waals surface area contributed by atoms with Gasteiger partial charge in [0.05, 0.1) is 9.92 Å². The molecule has 1 aromatic rings. The Morgan fingerprint density at radius 2 is 2.20 bits per heavy atom. The fourth-order valence-corrected chi connectivity index (χ4v) is 4.95. The third kappa shape index (κ3) is 2.93. The van der Waals surface area contributed by atoms with Gasteiger partial charge in [-0.1, -0.05) is 11.6 Å². The van der Waals surface area contributed by atoms with Crippen LogP contribution in [0.5, 0.6) is 0 Å². The lowest BCUT2D eigenvalue weighted by atomic mass is 10.3. The first-order chi connectivity index (χ1) is 9.34. The van der Waals surface area contributed by atoms with Gasteiger partial charge in [0.25, 0.3) is 0 Å². The van der Waals surface area contributed by atoms with Gasteiger partial charge in [0.1, 0.15) is 11.9 Å². The van der Waals surface area contributed by atoms with Crippen LogP contribution in [0.2, 0.25) is 5.02 Å². The van der Waals surface area contributed by atoms with Crippen LogP contribution in [0, 0.1) is 5.82 Å². The number of rotatable bonds is 3. The number of hydrogen-bond donors (Lipinski definition) is 1. The second-order valence-corrected chi connectivity index (χ2v) is 7.57. The third-order valence-electron chi connectivity index (χ3n) is 2.86. The smallest absolute Gasteiger partial charge is 0.322 e. The summed E-state index contributed by atoms with van der Waals surface area (Å²) in [6.45, 7) is 0.0962. The van der Waals surface area contributed by atoms with Gasteiger partial charge in [0.15, 0.2) is 0 Å². The third-order valence-corrected chi connectivity index (χ3v) is 6.08. The Morgan fingerprint density at radius 1 is 1.50 bits per heavy atom. The second kappa shape index (κ2) is 5.88. The number of aliphatic carboxylic acids is 1. The van der Waals surface area contributed by atoms with Crippen LogP contribution in [0.1, 0.15) is 0 Å². The Bertz CT molecular complexity index is 637. The minimum atomic E-state index is -4.01. The van der Waals surface area contributed by atoms with Crippen LogP contribution in [-0.4, -0.2) is 47.9 Å². The predicted octanol–water partition coefficient (Wildman–Crippen LogP) is 1.67. The molecular weight excluding hydrogens is 329 g/mol. The first kappa shape index (κ1) is 15.6. The maximum atomic E-state index is 13.1. The van der Waals surface area contributed by atoms with Gasteiger partial charge in [-0.3, -0.25) is 4.79 Å². The second-order valence-electron chi connectivity index (χ2n) is 4.12. The van der Waals surface area contributed by atoms with E-state index in [0.29, 0.717) is 5.75 Å². The molecule has 0 amide bonds. The number of carboxylic acids is 1. The molecule has 0 aromatic heterocycles. The van der Waals surface area contributed by atoms with Gasteiger partial charge in [-0.2, -0.15) is 16.1 Å². The minimum Gasteiger partial charge on any atom is -0.480 e. The van der Waals surface area contributed by atoms with E-state index in [4.69, 9.17) is 16.7 Å². The molecule has 1 N–H and O–H groups in total. The number of sulfonamides is 1. The van der Waals surface area contributed by atoms with Crippen molar-refractivity contribution in [2.75, 3.05) is 18.1 Å². The van der Waals surface area contributed by atoms with Crippen LogP contribution in [0.25, 0.3) is 0 Å². The summed E-state index contributed by atoms with van der Waals surface area (Å²) >= 11 is 6.96. The number of halogens is 2. The molecule has 0 bridgehead atoms. The van der Waals surface area contributed by atoms with Crippen LogP contribution in [0.3, 0.4) is 0 Å². The molecule has 1 heterocycles. The molecule has 1 fully saturated rings. The van der Waals surface area contributed by atoms with E-state index in [1.807, 2.05) is 0 Å². The molecule has 1 saturated heterocycles. The molecule has 0 spiro atoms. The molecule has 1 aromatic carbocycles. The number of carboxylic acid groups (broad SMARTS) is 1. The minimum absolute atomic E-state index is 0.0962. The molecule has 20 heavy (non-hydrogen) atoms. The van der Waals surface area contributed by atoms with Gasteiger partial charge < -0.3 is 5.11 Å². The lowest BCUT2D eigenvalue weighted by Crippen LogP contribution is -2.50. The molecule has 1 aliphatic rings. The number of benzene rings is 1. The van der Waals surface area contributed by atoms with Gasteiger partial charge >= 0.3 is 5.97 Å². The van der Waals surface area contributed by atoms with E-state index in [2.05, 4.69) is 0 Å². The molecule has 1 aliphatic heterocycles. The number of hydrogen-bond acceptors (Lipinski definition) is 4. The average Bonchev–Trinajstić information content (AvgIpc) is 2.41. The van der Waals surface area contributed by atoms with E-state index >= 15 is 0 Å². The SMILES string of the molecule is O=C(O)C1CSCCN1S(=O)(=O)c1ccc(F)c(Cl)c1. The van der Waals surface area contributed by atoms with E-state index in [1.165, 1.54) is 11.8 Å². The molecule has 9 heteroatoms. The van der Waals surface area contributed by atoms with E-state index in [0.717, 1.165) is 22.5 Å². The zero-order valence-electron chi connectivity index (χ0n) is 10.1. The lowest BCUT2D eigenvalue weighted by Gasteiger charge is -2.31. The van der Waals surface area contributed by atoms with Crippen LogP contribution in [-0.2, 0) is 14.8 Å². The molecular formula is C11H11ClFNO4S2. The van der Waals surface area contributed by atoms with E-state index in [9.17, 15) is 17.6 Å². The summed E-state index contributed by atoms with van der Waals surface area (Å²) in [5.74, 6) is -1.23. The highest BCUT2D eigenvalue weighted by atomic mass is 35.5. The summed E-state index contributed by atoms with van der Waals surface area (Å²) in [7, 11) is -4.01. The summed E-state index contributed by atoms with van der Waals surface area (Å²) in [6.07, 6.45) is 0. The molecule has 0 saturated carbocycles. The van der Waals surface area contributed by atoms with Crippen molar-refractivity contribution in [1.29, 1.82) is 0 Å². The Hall–Kier alpha value is -0.830. The van der Waals surface area contributed by atoms with E-state index in [-0.39, 0.29) is 22.2 Å². The predicted molar refractivity (Wildman–Crippen MR) is 74.1 cm³/mol. The summed E-state index contributed by atoms with van der Waals surface area (Å²) in [6, 6.07) is 1.90. The van der Waals surface area contributed by atoms with Crippen molar-refractivity contribution < 1.29 is 22.7 Å². The summed E-state index contributed by atoms with van der Waals surface area (Å²) < 4.78 is 38.9. The highest BCUT2D eigenvalue weighted by Crippen LogP contribution is 2.27. The van der Waals surface area contributed by atoms with Gasteiger partial charge in [0, 0.05) is 18.1 Å². The molecule has 0 aliphatic carbocycles. The van der Waals surface area contributed by atoms with Crippen molar-refractivity contribution in [2.24, 2.45) is 0 Å². The fraction of sp³-hybridized carbons (Fsp3) is 0.364. The van der Waals surface area contributed by atoms with E-state index < -0.39 is 27.9 Å². The first-order valence-electron chi connectivity index (χ1n) is 5.61. The molecule has 1 unspecified atom stereocenters. The number of carbonyl (C=O) groups is 1. The quantitative estimate of drug-likeness (QED) is 0.906. The first-order valence-corrected chi connectivity index (χ1v) is 8.59. The van der Waals surface area contributed by atoms with Crippen molar-refractivity contribution >= 4 is 39.4 Å². The summed E-state index contributed by atoms with van der Waals surface area (Å²) in [5, 5.41) is 8.80. The molecule has 2 rings (SSSR count). The molecule has 5 nitrogen and oxygen atoms in total. The lowest BCUT2D eigenvalue weighted by molar-refractivity contribution is -0.140. The Labute approximate surface area is 124 Å². The van der Waals surface area contributed by atoms with Crippen LogP contribution in [0.4, 0.5) is 4.39 Å². The van der Waals surface area contributed by atoms with Crippen LogP contribution < -0.4 is 0 Å². The average molecular weight is 340 g/mol. The van der Waals surface area contributed by atoms with Crippen molar-refractivity contribution in [2.45, 2.75) is 10.9 Å². The maximum Gasteiger partial charge on any atom is 0.322 e. The number of thioether (sulfide) groups is 1. The van der Waals surface area contributed by atoms with Crippen molar-refractivity contribution in [1.82, 2.24) is 4.31 Å². The highest BCUT2D eigenvalue weighted by molar-refractivity contribution is 7.99. The molecule has 0 radical (unpaired) electrons. The Balaban J connectivity index is 2.42. The van der Waals surface area contributed by atoms with Crippen molar-refractivity contribution in [3.63, 3.8) is 0 Å². The fourth-order valence-electron chi connectivity index (χ4n) is 1.84. The summed E-state index contributed by atoms with van der Waals surface area (Å²) in [4.78, 5) is 11.0. The van der Waals surface area contributed by atoms with Gasteiger partial charge in [0.2, 0.25) is 10.0 Å². The van der Waals surface area contributed by atoms with Crippen molar-refractivity contribution in [3.8, 4) is 0 Å². The van der Waals surface area contributed by atoms with E-state index in [1.54, 1.807) is 0 Å². The van der Waals surface area contributed by atoms with Gasteiger partial charge in [-0.05, 0) is 18.2 Å². The Morgan fingerprint density at radius 3 is 2.80 bits per heavy atom. The normalized spacial score (nSPS) is 20.8. The zero-order valence-corrected chi connectivity index (χ0v) is 12.5. The molecule has 1 atom stereocenters. The van der Waals surface area contributed by atoms with Gasteiger partial charge in [-0.15, -0.1) is 0 Å².